The predicted octanol–water partition coefficient (Wildman–Crippen LogP) is 1.37. The number of hydrogen-bond donors (Lipinski definition) is 1. The number of amides is 1. The SMILES string of the molecule is COC(=O)C1SCCN1C(=O)C(C)NC1CCCCC1. The van der Waals surface area contributed by atoms with Crippen molar-refractivity contribution in [3.05, 3.63) is 0 Å². The van der Waals surface area contributed by atoms with Gasteiger partial charge in [0.2, 0.25) is 5.91 Å². The number of nitrogens with zero attached hydrogens (tertiary/aromatic N) is 1. The van der Waals surface area contributed by atoms with Crippen LogP contribution in [-0.2, 0) is 14.3 Å². The number of esters is 1. The summed E-state index contributed by atoms with van der Waals surface area (Å²) in [4.78, 5) is 25.8. The summed E-state index contributed by atoms with van der Waals surface area (Å²) in [6, 6.07) is 0.207. The highest BCUT2D eigenvalue weighted by molar-refractivity contribution is 8.00. The molecule has 0 aromatic carbocycles. The largest absolute Gasteiger partial charge is 0.467 e. The van der Waals surface area contributed by atoms with E-state index < -0.39 is 5.37 Å². The number of thioether (sulfide) groups is 1. The molecule has 20 heavy (non-hydrogen) atoms. The van der Waals surface area contributed by atoms with Gasteiger partial charge in [-0.1, -0.05) is 19.3 Å². The van der Waals surface area contributed by atoms with Crippen LogP contribution in [0.3, 0.4) is 0 Å². The van der Waals surface area contributed by atoms with E-state index in [1.807, 2.05) is 6.92 Å². The van der Waals surface area contributed by atoms with Crippen LogP contribution in [0.25, 0.3) is 0 Å². The number of ether oxygens (including phenoxy) is 1. The minimum atomic E-state index is -0.469. The molecule has 1 aliphatic carbocycles. The van der Waals surface area contributed by atoms with Crippen LogP contribution in [0.2, 0.25) is 0 Å². The minimum absolute atomic E-state index is 0.0102. The molecular formula is C14H24N2O3S. The van der Waals surface area contributed by atoms with E-state index in [1.165, 1.54) is 38.1 Å². The lowest BCUT2D eigenvalue weighted by molar-refractivity contribution is -0.148. The monoisotopic (exact) mass is 300 g/mol. The summed E-state index contributed by atoms with van der Waals surface area (Å²) < 4.78 is 4.77. The first-order valence-corrected chi connectivity index (χ1v) is 8.44. The highest BCUT2D eigenvalue weighted by atomic mass is 32.2. The molecule has 2 atom stereocenters. The van der Waals surface area contributed by atoms with Crippen LogP contribution in [0.4, 0.5) is 0 Å². The molecule has 5 nitrogen and oxygen atoms in total. The molecule has 0 aromatic heterocycles. The smallest absolute Gasteiger partial charge is 0.339 e. The standard InChI is InChI=1S/C14H24N2O3S/c1-10(15-11-6-4-3-5-7-11)12(17)16-8-9-20-13(16)14(18)19-2/h10-11,13,15H,3-9H2,1-2H3. The van der Waals surface area contributed by atoms with Gasteiger partial charge >= 0.3 is 5.97 Å². The van der Waals surface area contributed by atoms with Gasteiger partial charge in [0.1, 0.15) is 0 Å². The van der Waals surface area contributed by atoms with E-state index in [2.05, 4.69) is 5.32 Å². The van der Waals surface area contributed by atoms with E-state index in [4.69, 9.17) is 4.74 Å². The predicted molar refractivity (Wildman–Crippen MR) is 79.4 cm³/mol. The van der Waals surface area contributed by atoms with Crippen LogP contribution in [0.15, 0.2) is 0 Å². The van der Waals surface area contributed by atoms with E-state index in [1.54, 1.807) is 4.90 Å². The van der Waals surface area contributed by atoms with Crippen molar-refractivity contribution in [2.45, 2.75) is 56.5 Å². The molecule has 1 saturated carbocycles. The van der Waals surface area contributed by atoms with Crippen LogP contribution in [0.5, 0.6) is 0 Å². The van der Waals surface area contributed by atoms with E-state index >= 15 is 0 Å². The molecule has 2 fully saturated rings. The zero-order chi connectivity index (χ0) is 14.5. The maximum absolute atomic E-state index is 12.5. The first kappa shape index (κ1) is 15.6. The Morgan fingerprint density at radius 1 is 1.30 bits per heavy atom. The van der Waals surface area contributed by atoms with Gasteiger partial charge in [-0.25, -0.2) is 4.79 Å². The highest BCUT2D eigenvalue weighted by Crippen LogP contribution is 2.26. The summed E-state index contributed by atoms with van der Waals surface area (Å²) in [6.45, 7) is 2.52. The van der Waals surface area contributed by atoms with Gasteiger partial charge in [-0.15, -0.1) is 11.8 Å². The molecule has 0 spiro atoms. The molecule has 0 radical (unpaired) electrons. The maximum Gasteiger partial charge on any atom is 0.339 e. The van der Waals surface area contributed by atoms with Gasteiger partial charge in [-0.05, 0) is 19.8 Å². The molecule has 114 valence electrons. The fourth-order valence-corrected chi connectivity index (χ4v) is 4.08. The van der Waals surface area contributed by atoms with Gasteiger partial charge in [-0.3, -0.25) is 4.79 Å². The van der Waals surface area contributed by atoms with E-state index in [9.17, 15) is 9.59 Å². The van der Waals surface area contributed by atoms with E-state index in [0.717, 1.165) is 18.6 Å². The van der Waals surface area contributed by atoms with Gasteiger partial charge in [0.25, 0.3) is 0 Å². The number of nitrogens with one attached hydrogen (secondary N) is 1. The Kier molecular flexibility index (Phi) is 5.72. The molecule has 1 amide bonds. The Hall–Kier alpha value is -0.750. The number of hydrogen-bond acceptors (Lipinski definition) is 5. The summed E-state index contributed by atoms with van der Waals surface area (Å²) in [5.74, 6) is 0.475. The first-order chi connectivity index (χ1) is 9.63. The summed E-state index contributed by atoms with van der Waals surface area (Å²) >= 11 is 1.48. The van der Waals surface area contributed by atoms with E-state index in [-0.39, 0.29) is 17.9 Å². The topological polar surface area (TPSA) is 58.6 Å². The van der Waals surface area contributed by atoms with Crippen LogP contribution < -0.4 is 5.32 Å². The normalized spacial score (nSPS) is 25.5. The van der Waals surface area contributed by atoms with Gasteiger partial charge in [0, 0.05) is 18.3 Å². The second-order valence-electron chi connectivity index (χ2n) is 5.50. The van der Waals surface area contributed by atoms with Crippen LogP contribution in [-0.4, -0.2) is 53.6 Å². The Labute approximate surface area is 124 Å². The summed E-state index contributed by atoms with van der Waals surface area (Å²) in [7, 11) is 1.37. The molecule has 2 rings (SSSR count). The quantitative estimate of drug-likeness (QED) is 0.795. The molecular weight excluding hydrogens is 276 g/mol. The van der Waals surface area contributed by atoms with Crippen molar-refractivity contribution in [2.24, 2.45) is 0 Å². The zero-order valence-electron chi connectivity index (χ0n) is 12.3. The average Bonchev–Trinajstić information content (AvgIpc) is 2.96. The number of carbonyl (C=O) groups excluding carboxylic acids is 2. The highest BCUT2D eigenvalue weighted by Gasteiger charge is 2.37. The third-order valence-electron chi connectivity index (χ3n) is 4.04. The maximum atomic E-state index is 12.5. The fourth-order valence-electron chi connectivity index (χ4n) is 2.93. The third-order valence-corrected chi connectivity index (χ3v) is 5.22. The lowest BCUT2D eigenvalue weighted by Crippen LogP contribution is -2.51. The summed E-state index contributed by atoms with van der Waals surface area (Å²) in [6.07, 6.45) is 6.07. The van der Waals surface area contributed by atoms with Crippen molar-refractivity contribution in [2.75, 3.05) is 19.4 Å². The van der Waals surface area contributed by atoms with Gasteiger partial charge in [0.05, 0.1) is 13.2 Å². The van der Waals surface area contributed by atoms with Crippen molar-refractivity contribution in [1.82, 2.24) is 10.2 Å². The van der Waals surface area contributed by atoms with Crippen LogP contribution >= 0.6 is 11.8 Å². The summed E-state index contributed by atoms with van der Waals surface area (Å²) in [5, 5.41) is 2.95. The fraction of sp³-hybridized carbons (Fsp3) is 0.857. The van der Waals surface area contributed by atoms with E-state index in [0.29, 0.717) is 12.6 Å². The lowest BCUT2D eigenvalue weighted by Gasteiger charge is -2.29. The van der Waals surface area contributed by atoms with Gasteiger partial charge < -0.3 is 15.0 Å². The van der Waals surface area contributed by atoms with Crippen LogP contribution in [0.1, 0.15) is 39.0 Å². The van der Waals surface area contributed by atoms with Crippen LogP contribution in [0, 0.1) is 0 Å². The number of carbonyl (C=O) groups is 2. The second kappa shape index (κ2) is 7.31. The van der Waals surface area contributed by atoms with Gasteiger partial charge in [0.15, 0.2) is 5.37 Å². The second-order valence-corrected chi connectivity index (χ2v) is 6.69. The van der Waals surface area contributed by atoms with Gasteiger partial charge in [-0.2, -0.15) is 0 Å². The molecule has 2 aliphatic rings. The minimum Gasteiger partial charge on any atom is -0.467 e. The van der Waals surface area contributed by atoms with Crippen molar-refractivity contribution < 1.29 is 14.3 Å². The molecule has 1 heterocycles. The molecule has 6 heteroatoms. The van der Waals surface area contributed by atoms with Crippen molar-refractivity contribution in [3.8, 4) is 0 Å². The number of rotatable bonds is 4. The Morgan fingerprint density at radius 2 is 2.00 bits per heavy atom. The molecule has 2 unspecified atom stereocenters. The van der Waals surface area contributed by atoms with Crippen molar-refractivity contribution in [3.63, 3.8) is 0 Å². The molecule has 1 aliphatic heterocycles. The number of methoxy groups -OCH3 is 1. The molecule has 0 bridgehead atoms. The molecule has 1 saturated heterocycles. The van der Waals surface area contributed by atoms with Crippen molar-refractivity contribution >= 4 is 23.6 Å². The lowest BCUT2D eigenvalue weighted by atomic mass is 9.95. The first-order valence-electron chi connectivity index (χ1n) is 7.39. The third kappa shape index (κ3) is 3.67. The molecule has 0 aromatic rings. The Morgan fingerprint density at radius 3 is 2.65 bits per heavy atom. The zero-order valence-corrected chi connectivity index (χ0v) is 13.1. The Bertz CT molecular complexity index is 358. The van der Waals surface area contributed by atoms with Crippen molar-refractivity contribution in [1.29, 1.82) is 0 Å². The molecule has 1 N–H and O–H groups in total. The Balaban J connectivity index is 1.90. The average molecular weight is 300 g/mol. The summed E-state index contributed by atoms with van der Waals surface area (Å²) in [5.41, 5.74) is 0.